The average Bonchev–Trinajstić information content (AvgIpc) is 2.48. The van der Waals surface area contributed by atoms with E-state index < -0.39 is 0 Å². The van der Waals surface area contributed by atoms with E-state index in [1.807, 2.05) is 13.1 Å². The van der Waals surface area contributed by atoms with Gasteiger partial charge in [0.25, 0.3) is 0 Å². The maximum absolute atomic E-state index is 4.25. The molecular weight excluding hydrogens is 246 g/mol. The van der Waals surface area contributed by atoms with Crippen LogP contribution in [0, 0.1) is 6.92 Å². The number of hydrogen-bond acceptors (Lipinski definition) is 3. The van der Waals surface area contributed by atoms with Gasteiger partial charge < -0.3 is 9.80 Å². The van der Waals surface area contributed by atoms with E-state index in [9.17, 15) is 0 Å². The molecule has 1 aromatic heterocycles. The Kier molecular flexibility index (Phi) is 3.70. The Morgan fingerprint density at radius 1 is 0.900 bits per heavy atom. The van der Waals surface area contributed by atoms with Crippen molar-refractivity contribution in [1.82, 2.24) is 9.88 Å². The van der Waals surface area contributed by atoms with Crippen LogP contribution < -0.4 is 4.90 Å². The topological polar surface area (TPSA) is 19.4 Å². The van der Waals surface area contributed by atoms with Crippen molar-refractivity contribution in [2.45, 2.75) is 6.92 Å². The number of aryl methyl sites for hydroxylation is 1. The SMILES string of the molecule is Cc1cc(-c2ccc(N3CCN(C)CC3)cc2)ccn1. The van der Waals surface area contributed by atoms with Crippen LogP contribution in [0.15, 0.2) is 42.6 Å². The summed E-state index contributed by atoms with van der Waals surface area (Å²) in [5, 5.41) is 0. The van der Waals surface area contributed by atoms with Crippen molar-refractivity contribution in [3.63, 3.8) is 0 Å². The van der Waals surface area contributed by atoms with Crippen molar-refractivity contribution >= 4 is 5.69 Å². The molecule has 104 valence electrons. The van der Waals surface area contributed by atoms with Crippen molar-refractivity contribution in [3.8, 4) is 11.1 Å². The summed E-state index contributed by atoms with van der Waals surface area (Å²) in [5.41, 5.74) is 4.88. The second-order valence-electron chi connectivity index (χ2n) is 5.52. The molecule has 0 unspecified atom stereocenters. The Balaban J connectivity index is 1.78. The van der Waals surface area contributed by atoms with Crippen LogP contribution in [0.1, 0.15) is 5.69 Å². The molecule has 1 fully saturated rings. The number of nitrogens with zero attached hydrogens (tertiary/aromatic N) is 3. The number of hydrogen-bond donors (Lipinski definition) is 0. The Morgan fingerprint density at radius 3 is 2.25 bits per heavy atom. The van der Waals surface area contributed by atoms with Crippen molar-refractivity contribution in [1.29, 1.82) is 0 Å². The fraction of sp³-hybridized carbons (Fsp3) is 0.353. The molecule has 3 nitrogen and oxygen atoms in total. The fourth-order valence-electron chi connectivity index (χ4n) is 2.65. The number of pyridine rings is 1. The van der Waals surface area contributed by atoms with Gasteiger partial charge in [0.15, 0.2) is 0 Å². The number of rotatable bonds is 2. The molecule has 0 spiro atoms. The quantitative estimate of drug-likeness (QED) is 0.834. The van der Waals surface area contributed by atoms with Crippen LogP contribution in [-0.2, 0) is 0 Å². The van der Waals surface area contributed by atoms with Crippen molar-refractivity contribution in [2.75, 3.05) is 38.1 Å². The van der Waals surface area contributed by atoms with Crippen molar-refractivity contribution in [3.05, 3.63) is 48.3 Å². The Bertz CT molecular complexity index is 569. The standard InChI is InChI=1S/C17H21N3/c1-14-13-16(7-8-18-14)15-3-5-17(6-4-15)20-11-9-19(2)10-12-20/h3-8,13H,9-12H2,1-2H3. The van der Waals surface area contributed by atoms with Gasteiger partial charge in [-0.25, -0.2) is 0 Å². The largest absolute Gasteiger partial charge is 0.369 e. The number of benzene rings is 1. The highest BCUT2D eigenvalue weighted by Crippen LogP contribution is 2.23. The normalized spacial score (nSPS) is 16.4. The fourth-order valence-corrected chi connectivity index (χ4v) is 2.65. The molecule has 20 heavy (non-hydrogen) atoms. The van der Waals surface area contributed by atoms with Gasteiger partial charge in [-0.15, -0.1) is 0 Å². The summed E-state index contributed by atoms with van der Waals surface area (Å²) in [7, 11) is 2.19. The first kappa shape index (κ1) is 13.1. The van der Waals surface area contributed by atoms with Crippen LogP contribution >= 0.6 is 0 Å². The predicted molar refractivity (Wildman–Crippen MR) is 84.1 cm³/mol. The molecule has 0 aliphatic carbocycles. The van der Waals surface area contributed by atoms with Crippen LogP contribution in [0.25, 0.3) is 11.1 Å². The lowest BCUT2D eigenvalue weighted by atomic mass is 10.1. The molecule has 1 aliphatic heterocycles. The minimum Gasteiger partial charge on any atom is -0.369 e. The van der Waals surface area contributed by atoms with Crippen LogP contribution in [0.4, 0.5) is 5.69 Å². The van der Waals surface area contributed by atoms with Crippen molar-refractivity contribution < 1.29 is 0 Å². The van der Waals surface area contributed by atoms with Gasteiger partial charge in [0.1, 0.15) is 0 Å². The number of aromatic nitrogens is 1. The van der Waals surface area contributed by atoms with Crippen LogP contribution in [0.5, 0.6) is 0 Å². The van der Waals surface area contributed by atoms with E-state index in [0.29, 0.717) is 0 Å². The summed E-state index contributed by atoms with van der Waals surface area (Å²) in [4.78, 5) is 9.09. The Labute approximate surface area is 120 Å². The molecule has 3 rings (SSSR count). The third-order valence-electron chi connectivity index (χ3n) is 3.97. The zero-order valence-electron chi connectivity index (χ0n) is 12.2. The highest BCUT2D eigenvalue weighted by atomic mass is 15.2. The van der Waals surface area contributed by atoms with E-state index >= 15 is 0 Å². The third kappa shape index (κ3) is 2.83. The maximum atomic E-state index is 4.25. The van der Waals surface area contributed by atoms with E-state index in [-0.39, 0.29) is 0 Å². The highest BCUT2D eigenvalue weighted by Gasteiger charge is 2.13. The molecule has 0 atom stereocenters. The molecule has 1 aliphatic rings. The van der Waals surface area contributed by atoms with Crippen molar-refractivity contribution in [2.24, 2.45) is 0 Å². The van der Waals surface area contributed by atoms with Gasteiger partial charge in [-0.2, -0.15) is 0 Å². The van der Waals surface area contributed by atoms with Gasteiger partial charge in [0.05, 0.1) is 0 Å². The second-order valence-corrected chi connectivity index (χ2v) is 5.52. The molecule has 1 aromatic carbocycles. The first-order chi connectivity index (χ1) is 9.72. The predicted octanol–water partition coefficient (Wildman–Crippen LogP) is 2.81. The molecule has 0 saturated carbocycles. The second kappa shape index (κ2) is 5.63. The monoisotopic (exact) mass is 267 g/mol. The Morgan fingerprint density at radius 2 is 1.60 bits per heavy atom. The third-order valence-corrected chi connectivity index (χ3v) is 3.97. The van der Waals surface area contributed by atoms with Crippen LogP contribution in [0.3, 0.4) is 0 Å². The smallest absolute Gasteiger partial charge is 0.0378 e. The number of anilines is 1. The van der Waals surface area contributed by atoms with E-state index in [4.69, 9.17) is 0 Å². The van der Waals surface area contributed by atoms with Crippen LogP contribution in [-0.4, -0.2) is 43.1 Å². The number of piperazine rings is 1. The van der Waals surface area contributed by atoms with Gasteiger partial charge in [0.2, 0.25) is 0 Å². The van der Waals surface area contributed by atoms with E-state index in [2.05, 4.69) is 58.2 Å². The zero-order valence-corrected chi connectivity index (χ0v) is 12.2. The minimum absolute atomic E-state index is 1.06. The lowest BCUT2D eigenvalue weighted by molar-refractivity contribution is 0.313. The van der Waals surface area contributed by atoms with Gasteiger partial charge in [-0.05, 0) is 49.4 Å². The lowest BCUT2D eigenvalue weighted by Crippen LogP contribution is -2.44. The average molecular weight is 267 g/mol. The molecule has 3 heteroatoms. The van der Waals surface area contributed by atoms with Gasteiger partial charge in [-0.3, -0.25) is 4.98 Å². The summed E-state index contributed by atoms with van der Waals surface area (Å²) in [6.45, 7) is 6.55. The molecule has 0 amide bonds. The minimum atomic E-state index is 1.06. The maximum Gasteiger partial charge on any atom is 0.0378 e. The summed E-state index contributed by atoms with van der Waals surface area (Å²) in [5.74, 6) is 0. The first-order valence-electron chi connectivity index (χ1n) is 7.19. The molecule has 0 radical (unpaired) electrons. The molecule has 1 saturated heterocycles. The zero-order chi connectivity index (χ0) is 13.9. The summed E-state index contributed by atoms with van der Waals surface area (Å²) in [6.07, 6.45) is 1.87. The van der Waals surface area contributed by atoms with E-state index in [0.717, 1.165) is 31.9 Å². The highest BCUT2D eigenvalue weighted by molar-refractivity contribution is 5.66. The van der Waals surface area contributed by atoms with E-state index in [1.54, 1.807) is 0 Å². The van der Waals surface area contributed by atoms with Gasteiger partial charge in [0, 0.05) is 43.8 Å². The Hall–Kier alpha value is -1.87. The lowest BCUT2D eigenvalue weighted by Gasteiger charge is -2.34. The summed E-state index contributed by atoms with van der Waals surface area (Å²) in [6, 6.07) is 13.1. The molecule has 2 heterocycles. The summed E-state index contributed by atoms with van der Waals surface area (Å²) < 4.78 is 0. The molecule has 0 N–H and O–H groups in total. The van der Waals surface area contributed by atoms with Crippen LogP contribution in [0.2, 0.25) is 0 Å². The van der Waals surface area contributed by atoms with Gasteiger partial charge in [-0.1, -0.05) is 12.1 Å². The summed E-state index contributed by atoms with van der Waals surface area (Å²) >= 11 is 0. The molecule has 2 aromatic rings. The van der Waals surface area contributed by atoms with Gasteiger partial charge >= 0.3 is 0 Å². The molecular formula is C17H21N3. The molecule has 0 bridgehead atoms. The van der Waals surface area contributed by atoms with E-state index in [1.165, 1.54) is 16.8 Å². The number of likely N-dealkylation sites (N-methyl/N-ethyl adjacent to an activating group) is 1. The first-order valence-corrected chi connectivity index (χ1v) is 7.19.